The van der Waals surface area contributed by atoms with E-state index >= 15 is 0 Å². The number of rotatable bonds is 3. The van der Waals surface area contributed by atoms with Gasteiger partial charge in [0.15, 0.2) is 0 Å². The Kier molecular flexibility index (Phi) is 23.0. The van der Waals surface area contributed by atoms with Crippen LogP contribution in [0.3, 0.4) is 0 Å². The second-order valence-corrected chi connectivity index (χ2v) is 23.9. The first-order valence-electron chi connectivity index (χ1n) is 30.6. The average Bonchev–Trinajstić information content (AvgIpc) is 3.00. The zero-order chi connectivity index (χ0) is 61.5. The van der Waals surface area contributed by atoms with Gasteiger partial charge in [-0.3, -0.25) is 0 Å². The molecule has 0 saturated carbocycles. The van der Waals surface area contributed by atoms with Crippen molar-refractivity contribution in [3.05, 3.63) is 371 Å². The van der Waals surface area contributed by atoms with E-state index in [-0.39, 0.29) is 5.41 Å². The summed E-state index contributed by atoms with van der Waals surface area (Å²) < 4.78 is 0. The fourth-order valence-corrected chi connectivity index (χ4v) is 10.6. The third-order valence-electron chi connectivity index (χ3n) is 15.5. The molecule has 0 radical (unpaired) electrons. The van der Waals surface area contributed by atoms with Crippen LogP contribution < -0.4 is 0 Å². The summed E-state index contributed by atoms with van der Waals surface area (Å²) >= 11 is 0. The van der Waals surface area contributed by atoms with Gasteiger partial charge in [0.05, 0.1) is 0 Å². The molecule has 0 amide bonds. The topological polar surface area (TPSA) is 0 Å². The first-order chi connectivity index (χ1) is 42.1. The maximum absolute atomic E-state index is 2.30. The Bertz CT molecular complexity index is 4180. The van der Waals surface area contributed by atoms with Crippen LogP contribution in [-0.4, -0.2) is 0 Å². The normalized spacial score (nSPS) is 10.7. The van der Waals surface area contributed by atoms with E-state index < -0.39 is 0 Å². The summed E-state index contributed by atoms with van der Waals surface area (Å²) in [5.74, 6) is 0. The van der Waals surface area contributed by atoms with Crippen molar-refractivity contribution in [2.75, 3.05) is 0 Å². The Morgan fingerprint density at radius 3 is 1.26 bits per heavy atom. The Morgan fingerprint density at radius 1 is 0.230 bits per heavy atom. The lowest BCUT2D eigenvalue weighted by Gasteiger charge is -2.18. The van der Waals surface area contributed by atoms with E-state index in [2.05, 4.69) is 367 Å². The zero-order valence-electron chi connectivity index (χ0n) is 53.2. The Hall–Kier alpha value is -9.62. The van der Waals surface area contributed by atoms with Gasteiger partial charge in [-0.15, -0.1) is 0 Å². The molecule has 13 aromatic rings. The van der Waals surface area contributed by atoms with Crippen molar-refractivity contribution in [1.82, 2.24) is 0 Å². The van der Waals surface area contributed by atoms with Crippen LogP contribution in [0.4, 0.5) is 0 Å². The van der Waals surface area contributed by atoms with Crippen molar-refractivity contribution in [3.8, 4) is 44.5 Å². The molecule has 434 valence electrons. The number of aryl methyl sites for hydroxylation is 8. The van der Waals surface area contributed by atoms with Gasteiger partial charge in [0.25, 0.3) is 0 Å². The summed E-state index contributed by atoms with van der Waals surface area (Å²) in [6, 6.07) is 109. The molecule has 13 aromatic carbocycles. The molecule has 0 unspecified atom stereocenters. The molecule has 1 aliphatic carbocycles. The highest BCUT2D eigenvalue weighted by Gasteiger charge is 2.17. The number of benzene rings is 13. The number of hydrogen-bond acceptors (Lipinski definition) is 0. The van der Waals surface area contributed by atoms with Crippen molar-refractivity contribution in [2.45, 2.75) is 88.0 Å². The molecular weight excluding hydrogens is 1040 g/mol. The van der Waals surface area contributed by atoms with Crippen LogP contribution in [0.15, 0.2) is 309 Å². The molecule has 0 aromatic heterocycles. The van der Waals surface area contributed by atoms with E-state index in [0.29, 0.717) is 0 Å². The fourth-order valence-electron chi connectivity index (χ4n) is 10.6. The predicted octanol–water partition coefficient (Wildman–Crippen LogP) is 24.4. The number of hydrogen-bond donors (Lipinski definition) is 0. The molecule has 0 heterocycles. The lowest BCUT2D eigenvalue weighted by atomic mass is 9.87. The molecule has 0 N–H and O–H groups in total. The predicted molar refractivity (Wildman–Crippen MR) is 381 cm³/mol. The molecular formula is C87H86. The quantitative estimate of drug-likeness (QED) is 0.165. The van der Waals surface area contributed by atoms with Crippen molar-refractivity contribution in [3.63, 3.8) is 0 Å². The van der Waals surface area contributed by atoms with Gasteiger partial charge in [-0.25, -0.2) is 0 Å². The monoisotopic (exact) mass is 1130 g/mol. The van der Waals surface area contributed by atoms with Crippen LogP contribution in [0.5, 0.6) is 0 Å². The smallest absolute Gasteiger partial charge is 0.00134 e. The molecule has 0 saturated heterocycles. The summed E-state index contributed by atoms with van der Waals surface area (Å²) in [5, 5.41) is 5.33. The Balaban J connectivity index is 0.000000132. The second-order valence-electron chi connectivity index (χ2n) is 23.9. The van der Waals surface area contributed by atoms with E-state index in [1.807, 2.05) is 18.2 Å². The minimum atomic E-state index is 0.285. The summed E-state index contributed by atoms with van der Waals surface area (Å²) in [5.41, 5.74) is 25.9. The maximum Gasteiger partial charge on any atom is -0.00134 e. The standard InChI is InChI=1S/C14H12.C14H14.2C13H12.2C11H10.C11H16/c1-10-6-7-14-12(8-10)9-11-4-2-3-5-13(11)14;1-11-8-9-14(12(2)10-11)13-6-4-3-5-7-13;1-11-6-5-9-13(10-11)12-7-3-2-4-8-12;1-11-7-9-13(10-8-11)12-5-3-2-4-6-12;1-9-5-4-7-10-6-2-3-8-11(9)10;1-9-6-7-10-4-2-3-5-11(10)8-9;1-9-5-7-10(8-6-9)11(2,3)4/h2-8H,9H2,1H3;3-10H,1-2H3;2*2-10H,1H3;2*2-8H,1H3;5-8H,1-4H3. The third-order valence-corrected chi connectivity index (χ3v) is 15.5. The average molecular weight is 1130 g/mol. The summed E-state index contributed by atoms with van der Waals surface area (Å²) in [7, 11) is 0. The molecule has 0 bridgehead atoms. The van der Waals surface area contributed by atoms with E-state index in [1.165, 1.54) is 127 Å². The SMILES string of the molecule is Cc1ccc(-c2ccccc2)c(C)c1.Cc1ccc(-c2ccccc2)cc1.Cc1ccc(C(C)(C)C)cc1.Cc1ccc2c(c1)Cc1ccccc1-2.Cc1ccc2ccccc2c1.Cc1cccc(-c2ccccc2)c1.Cc1cccc2ccccc12. The van der Waals surface area contributed by atoms with E-state index in [0.717, 1.165) is 6.42 Å². The lowest BCUT2D eigenvalue weighted by Crippen LogP contribution is -2.10. The molecule has 0 nitrogen and oxygen atoms in total. The van der Waals surface area contributed by atoms with Gasteiger partial charge in [0.1, 0.15) is 0 Å². The summed E-state index contributed by atoms with van der Waals surface area (Å²) in [6.07, 6.45) is 1.10. The van der Waals surface area contributed by atoms with Gasteiger partial charge in [-0.1, -0.05) is 364 Å². The van der Waals surface area contributed by atoms with Gasteiger partial charge < -0.3 is 0 Å². The van der Waals surface area contributed by atoms with Gasteiger partial charge in [-0.05, 0) is 161 Å². The first-order valence-corrected chi connectivity index (χ1v) is 30.6. The molecule has 14 rings (SSSR count). The highest BCUT2D eigenvalue weighted by molar-refractivity contribution is 5.85. The summed E-state index contributed by atoms with van der Waals surface area (Å²) in [6.45, 7) is 23.7. The van der Waals surface area contributed by atoms with Gasteiger partial charge >= 0.3 is 0 Å². The largest absolute Gasteiger partial charge is 0.0622 e. The molecule has 1 aliphatic rings. The van der Waals surface area contributed by atoms with Crippen LogP contribution in [0.1, 0.15) is 82.0 Å². The molecule has 0 heteroatoms. The van der Waals surface area contributed by atoms with Crippen molar-refractivity contribution in [2.24, 2.45) is 0 Å². The second kappa shape index (κ2) is 31.5. The van der Waals surface area contributed by atoms with Crippen LogP contribution in [-0.2, 0) is 11.8 Å². The van der Waals surface area contributed by atoms with Crippen LogP contribution >= 0.6 is 0 Å². The third kappa shape index (κ3) is 19.2. The highest BCUT2D eigenvalue weighted by atomic mass is 14.2. The van der Waals surface area contributed by atoms with Crippen LogP contribution in [0, 0.1) is 55.4 Å². The first kappa shape index (κ1) is 63.4. The van der Waals surface area contributed by atoms with Crippen molar-refractivity contribution < 1.29 is 0 Å². The van der Waals surface area contributed by atoms with Crippen LogP contribution in [0.2, 0.25) is 0 Å². The van der Waals surface area contributed by atoms with E-state index in [1.54, 1.807) is 0 Å². The minimum Gasteiger partial charge on any atom is -0.0622 e. The molecule has 0 spiro atoms. The zero-order valence-corrected chi connectivity index (χ0v) is 53.2. The minimum absolute atomic E-state index is 0.285. The molecule has 0 aliphatic heterocycles. The lowest BCUT2D eigenvalue weighted by molar-refractivity contribution is 0.590. The highest BCUT2D eigenvalue weighted by Crippen LogP contribution is 2.36. The number of fused-ring (bicyclic) bond motifs is 5. The Morgan fingerprint density at radius 2 is 0.655 bits per heavy atom. The van der Waals surface area contributed by atoms with E-state index in [9.17, 15) is 0 Å². The van der Waals surface area contributed by atoms with Crippen LogP contribution in [0.25, 0.3) is 66.1 Å². The molecule has 87 heavy (non-hydrogen) atoms. The molecule has 0 atom stereocenters. The molecule has 0 fully saturated rings. The Labute approximate surface area is 521 Å². The fraction of sp³-hybridized carbons (Fsp3) is 0.149. The van der Waals surface area contributed by atoms with Gasteiger partial charge in [0, 0.05) is 0 Å². The summed E-state index contributed by atoms with van der Waals surface area (Å²) in [4.78, 5) is 0. The van der Waals surface area contributed by atoms with Crippen molar-refractivity contribution >= 4 is 21.5 Å². The van der Waals surface area contributed by atoms with Crippen molar-refractivity contribution in [1.29, 1.82) is 0 Å². The maximum atomic E-state index is 2.30. The van der Waals surface area contributed by atoms with Gasteiger partial charge in [0.2, 0.25) is 0 Å². The van der Waals surface area contributed by atoms with Gasteiger partial charge in [-0.2, -0.15) is 0 Å². The van der Waals surface area contributed by atoms with E-state index in [4.69, 9.17) is 0 Å².